The Hall–Kier alpha value is -2.86. The second kappa shape index (κ2) is 9.19. The highest BCUT2D eigenvalue weighted by atomic mass is 16.2. The van der Waals surface area contributed by atoms with Crippen molar-refractivity contribution in [1.82, 2.24) is 10.3 Å². The summed E-state index contributed by atoms with van der Waals surface area (Å²) in [6, 6.07) is 18.9. The minimum Gasteiger partial charge on any atom is -0.368 e. The second-order valence-corrected chi connectivity index (χ2v) is 6.70. The maximum atomic E-state index is 12.3. The van der Waals surface area contributed by atoms with Crippen LogP contribution in [-0.4, -0.2) is 42.9 Å². The summed E-state index contributed by atoms with van der Waals surface area (Å²) in [6.45, 7) is 3.06. The molecule has 142 valence electrons. The molecule has 1 aliphatic heterocycles. The van der Waals surface area contributed by atoms with Gasteiger partial charge < -0.3 is 9.80 Å². The Balaban J connectivity index is 1.49. The number of rotatable bonds is 6. The number of nitrogens with zero attached hydrogens (tertiary/aromatic N) is 2. The summed E-state index contributed by atoms with van der Waals surface area (Å²) < 4.78 is 0. The fraction of sp³-hybridized carbons (Fsp3) is 0.333. The van der Waals surface area contributed by atoms with Crippen molar-refractivity contribution in [3.05, 3.63) is 54.6 Å². The van der Waals surface area contributed by atoms with Crippen molar-refractivity contribution in [2.45, 2.75) is 19.3 Å². The van der Waals surface area contributed by atoms with Crippen LogP contribution in [0.5, 0.6) is 0 Å². The number of benzene rings is 2. The van der Waals surface area contributed by atoms with E-state index in [9.17, 15) is 9.59 Å². The summed E-state index contributed by atoms with van der Waals surface area (Å²) in [4.78, 5) is 27.6. The van der Waals surface area contributed by atoms with Gasteiger partial charge in [0.05, 0.1) is 0 Å². The molecule has 0 unspecified atom stereocenters. The molecule has 0 saturated carbocycles. The Labute approximate surface area is 159 Å². The van der Waals surface area contributed by atoms with Gasteiger partial charge in [0.1, 0.15) is 0 Å². The van der Waals surface area contributed by atoms with Gasteiger partial charge in [-0.25, -0.2) is 5.84 Å². The molecule has 0 atom stereocenters. The zero-order chi connectivity index (χ0) is 19.1. The molecule has 2 aromatic rings. The maximum absolute atomic E-state index is 12.3. The highest BCUT2D eigenvalue weighted by molar-refractivity contribution is 5.79. The first-order valence-electron chi connectivity index (χ1n) is 9.35. The number of nitrogens with two attached hydrogens (primary N) is 1. The van der Waals surface area contributed by atoms with Gasteiger partial charge in [0, 0.05) is 44.7 Å². The zero-order valence-electron chi connectivity index (χ0n) is 15.4. The Morgan fingerprint density at radius 2 is 1.48 bits per heavy atom. The van der Waals surface area contributed by atoms with Crippen LogP contribution in [0.2, 0.25) is 0 Å². The van der Waals surface area contributed by atoms with E-state index >= 15 is 0 Å². The van der Waals surface area contributed by atoms with Crippen molar-refractivity contribution in [3.63, 3.8) is 0 Å². The molecule has 0 radical (unpaired) electrons. The summed E-state index contributed by atoms with van der Waals surface area (Å²) in [5.74, 6) is 4.92. The third-order valence-corrected chi connectivity index (χ3v) is 4.93. The maximum Gasteiger partial charge on any atom is 0.233 e. The zero-order valence-corrected chi connectivity index (χ0v) is 15.4. The van der Waals surface area contributed by atoms with Crippen molar-refractivity contribution in [2.24, 2.45) is 5.84 Å². The second-order valence-electron chi connectivity index (χ2n) is 6.70. The summed E-state index contributed by atoms with van der Waals surface area (Å²) >= 11 is 0. The first-order valence-corrected chi connectivity index (χ1v) is 9.35. The topological polar surface area (TPSA) is 78.7 Å². The smallest absolute Gasteiger partial charge is 0.233 e. The van der Waals surface area contributed by atoms with Crippen LogP contribution < -0.4 is 16.2 Å². The number of nitrogens with one attached hydrogen (secondary N) is 1. The van der Waals surface area contributed by atoms with E-state index in [4.69, 9.17) is 5.84 Å². The standard InChI is InChI=1S/C21H26N4O2/c22-23-20(26)7-4-8-21(27)25-15-13-24(14-16-25)19-11-9-18(10-12-19)17-5-2-1-3-6-17/h1-3,5-6,9-12H,4,7-8,13-16,22H2,(H,23,26). The molecule has 2 amide bonds. The van der Waals surface area contributed by atoms with Crippen LogP contribution in [0.15, 0.2) is 54.6 Å². The Kier molecular flexibility index (Phi) is 6.44. The third-order valence-electron chi connectivity index (χ3n) is 4.93. The molecule has 1 fully saturated rings. The van der Waals surface area contributed by atoms with Crippen molar-refractivity contribution in [3.8, 4) is 11.1 Å². The Morgan fingerprint density at radius 1 is 0.852 bits per heavy atom. The summed E-state index contributed by atoms with van der Waals surface area (Å²) in [5.41, 5.74) is 5.68. The van der Waals surface area contributed by atoms with Gasteiger partial charge in [0.2, 0.25) is 11.8 Å². The van der Waals surface area contributed by atoms with Crippen molar-refractivity contribution in [1.29, 1.82) is 0 Å². The van der Waals surface area contributed by atoms with Crippen LogP contribution in [0.3, 0.4) is 0 Å². The van der Waals surface area contributed by atoms with Gasteiger partial charge >= 0.3 is 0 Å². The molecule has 2 aromatic carbocycles. The summed E-state index contributed by atoms with van der Waals surface area (Å²) in [7, 11) is 0. The number of anilines is 1. The fourth-order valence-corrected chi connectivity index (χ4v) is 3.34. The van der Waals surface area contributed by atoms with E-state index in [1.165, 1.54) is 16.8 Å². The number of hydrogen-bond acceptors (Lipinski definition) is 4. The molecule has 1 aliphatic rings. The SMILES string of the molecule is NNC(=O)CCCC(=O)N1CCN(c2ccc(-c3ccccc3)cc2)CC1. The highest BCUT2D eigenvalue weighted by Gasteiger charge is 2.21. The van der Waals surface area contributed by atoms with E-state index in [1.807, 2.05) is 23.1 Å². The predicted molar refractivity (Wildman–Crippen MR) is 107 cm³/mol. The molecule has 3 rings (SSSR count). The Morgan fingerprint density at radius 3 is 2.11 bits per heavy atom. The van der Waals surface area contributed by atoms with Crippen LogP contribution in [0.25, 0.3) is 11.1 Å². The summed E-state index contributed by atoms with van der Waals surface area (Å²) in [6.07, 6.45) is 1.21. The molecule has 27 heavy (non-hydrogen) atoms. The number of carbonyl (C=O) groups excluding carboxylic acids is 2. The van der Waals surface area contributed by atoms with Crippen molar-refractivity contribution in [2.75, 3.05) is 31.1 Å². The van der Waals surface area contributed by atoms with Gasteiger partial charge in [-0.05, 0) is 29.7 Å². The van der Waals surface area contributed by atoms with Gasteiger partial charge in [-0.3, -0.25) is 15.0 Å². The lowest BCUT2D eigenvalue weighted by Crippen LogP contribution is -2.48. The molecule has 6 nitrogen and oxygen atoms in total. The molecule has 0 aromatic heterocycles. The van der Waals surface area contributed by atoms with Crippen LogP contribution in [0, 0.1) is 0 Å². The Bertz CT molecular complexity index is 754. The lowest BCUT2D eigenvalue weighted by atomic mass is 10.1. The van der Waals surface area contributed by atoms with Gasteiger partial charge in [0.25, 0.3) is 0 Å². The minimum absolute atomic E-state index is 0.110. The number of hydrogen-bond donors (Lipinski definition) is 2. The van der Waals surface area contributed by atoms with Gasteiger partial charge in [-0.15, -0.1) is 0 Å². The van der Waals surface area contributed by atoms with E-state index in [0.29, 0.717) is 25.9 Å². The molecule has 0 spiro atoms. The first-order chi connectivity index (χ1) is 13.2. The average molecular weight is 366 g/mol. The largest absolute Gasteiger partial charge is 0.368 e. The third kappa shape index (κ3) is 5.08. The number of hydrazine groups is 1. The van der Waals surface area contributed by atoms with Crippen LogP contribution >= 0.6 is 0 Å². The number of carbonyl (C=O) groups is 2. The van der Waals surface area contributed by atoms with Crippen molar-refractivity contribution >= 4 is 17.5 Å². The van der Waals surface area contributed by atoms with Crippen LogP contribution in [0.1, 0.15) is 19.3 Å². The van der Waals surface area contributed by atoms with Crippen LogP contribution in [0.4, 0.5) is 5.69 Å². The minimum atomic E-state index is -0.230. The fourth-order valence-electron chi connectivity index (χ4n) is 3.34. The summed E-state index contributed by atoms with van der Waals surface area (Å²) in [5, 5.41) is 0. The molecule has 0 bridgehead atoms. The predicted octanol–water partition coefficient (Wildman–Crippen LogP) is 2.16. The van der Waals surface area contributed by atoms with E-state index in [0.717, 1.165) is 13.1 Å². The van der Waals surface area contributed by atoms with E-state index in [1.54, 1.807) is 0 Å². The molecule has 1 saturated heterocycles. The van der Waals surface area contributed by atoms with E-state index < -0.39 is 0 Å². The first kappa shape index (κ1) is 18.9. The molecular formula is C21H26N4O2. The van der Waals surface area contributed by atoms with E-state index in [2.05, 4.69) is 46.7 Å². The van der Waals surface area contributed by atoms with E-state index in [-0.39, 0.29) is 18.2 Å². The number of amides is 2. The van der Waals surface area contributed by atoms with Gasteiger partial charge in [-0.2, -0.15) is 0 Å². The normalized spacial score (nSPS) is 14.1. The van der Waals surface area contributed by atoms with Gasteiger partial charge in [0.15, 0.2) is 0 Å². The molecule has 0 aliphatic carbocycles. The molecule has 3 N–H and O–H groups in total. The lowest BCUT2D eigenvalue weighted by Gasteiger charge is -2.36. The molecular weight excluding hydrogens is 340 g/mol. The number of piperazine rings is 1. The quantitative estimate of drug-likeness (QED) is 0.467. The average Bonchev–Trinajstić information content (AvgIpc) is 2.74. The molecule has 6 heteroatoms. The van der Waals surface area contributed by atoms with Gasteiger partial charge in [-0.1, -0.05) is 42.5 Å². The highest BCUT2D eigenvalue weighted by Crippen LogP contribution is 2.24. The van der Waals surface area contributed by atoms with Crippen LogP contribution in [-0.2, 0) is 9.59 Å². The monoisotopic (exact) mass is 366 g/mol. The lowest BCUT2D eigenvalue weighted by molar-refractivity contribution is -0.131. The van der Waals surface area contributed by atoms with Crippen molar-refractivity contribution < 1.29 is 9.59 Å². The molecule has 1 heterocycles.